The summed E-state index contributed by atoms with van der Waals surface area (Å²) in [4.78, 5) is 11.4. The van der Waals surface area contributed by atoms with Crippen molar-refractivity contribution in [1.29, 1.82) is 0 Å². The van der Waals surface area contributed by atoms with Crippen LogP contribution in [0.15, 0.2) is 24.3 Å². The number of carbonyl (C=O) groups is 1. The lowest BCUT2D eigenvalue weighted by Gasteiger charge is -2.23. The summed E-state index contributed by atoms with van der Waals surface area (Å²) in [6.45, 7) is 0.329. The van der Waals surface area contributed by atoms with Gasteiger partial charge in [0.05, 0.1) is 5.92 Å². The molecule has 15 heavy (non-hydrogen) atoms. The third-order valence-electron chi connectivity index (χ3n) is 2.71. The SMILES string of the molecule is O=C(OCc1cccc(Cl)c1)C1CCC1. The first-order valence-corrected chi connectivity index (χ1v) is 5.54. The Morgan fingerprint density at radius 1 is 1.47 bits per heavy atom. The topological polar surface area (TPSA) is 26.3 Å². The van der Waals surface area contributed by atoms with E-state index in [-0.39, 0.29) is 11.9 Å². The highest BCUT2D eigenvalue weighted by atomic mass is 35.5. The van der Waals surface area contributed by atoms with Gasteiger partial charge < -0.3 is 4.74 Å². The molecular formula is C12H13ClO2. The molecule has 0 aromatic heterocycles. The molecule has 0 atom stereocenters. The lowest BCUT2D eigenvalue weighted by molar-refractivity contribution is -0.152. The minimum atomic E-state index is -0.0683. The van der Waals surface area contributed by atoms with Crippen molar-refractivity contribution in [2.24, 2.45) is 5.92 Å². The monoisotopic (exact) mass is 224 g/mol. The number of esters is 1. The van der Waals surface area contributed by atoms with Crippen molar-refractivity contribution in [2.45, 2.75) is 25.9 Å². The van der Waals surface area contributed by atoms with E-state index in [1.165, 1.54) is 0 Å². The predicted molar refractivity (Wildman–Crippen MR) is 58.6 cm³/mol. The molecule has 80 valence electrons. The molecule has 0 bridgehead atoms. The van der Waals surface area contributed by atoms with Gasteiger partial charge in [0.25, 0.3) is 0 Å². The van der Waals surface area contributed by atoms with Crippen LogP contribution >= 0.6 is 11.6 Å². The van der Waals surface area contributed by atoms with Crippen molar-refractivity contribution in [3.8, 4) is 0 Å². The Bertz CT molecular complexity index is 358. The van der Waals surface area contributed by atoms with E-state index in [0.717, 1.165) is 24.8 Å². The molecule has 0 spiro atoms. The van der Waals surface area contributed by atoms with Gasteiger partial charge in [-0.05, 0) is 30.5 Å². The lowest BCUT2D eigenvalue weighted by atomic mass is 9.86. The summed E-state index contributed by atoms with van der Waals surface area (Å²) >= 11 is 5.82. The largest absolute Gasteiger partial charge is 0.461 e. The van der Waals surface area contributed by atoms with Crippen LogP contribution in [-0.4, -0.2) is 5.97 Å². The zero-order valence-corrected chi connectivity index (χ0v) is 9.17. The first kappa shape index (κ1) is 10.5. The zero-order chi connectivity index (χ0) is 10.7. The average molecular weight is 225 g/mol. The van der Waals surface area contributed by atoms with Gasteiger partial charge in [-0.3, -0.25) is 4.79 Å². The van der Waals surface area contributed by atoms with Crippen LogP contribution in [0.4, 0.5) is 0 Å². The smallest absolute Gasteiger partial charge is 0.309 e. The third-order valence-corrected chi connectivity index (χ3v) is 2.94. The molecular weight excluding hydrogens is 212 g/mol. The zero-order valence-electron chi connectivity index (χ0n) is 8.41. The maximum absolute atomic E-state index is 11.4. The van der Waals surface area contributed by atoms with E-state index in [1.54, 1.807) is 6.07 Å². The Labute approximate surface area is 94.2 Å². The highest BCUT2D eigenvalue weighted by Crippen LogP contribution is 2.27. The molecule has 1 aromatic carbocycles. The third kappa shape index (κ3) is 2.72. The van der Waals surface area contributed by atoms with Crippen molar-refractivity contribution < 1.29 is 9.53 Å². The molecule has 3 heteroatoms. The van der Waals surface area contributed by atoms with Gasteiger partial charge in [-0.15, -0.1) is 0 Å². The molecule has 1 aromatic rings. The summed E-state index contributed by atoms with van der Waals surface area (Å²) in [5.74, 6) is 0.0745. The summed E-state index contributed by atoms with van der Waals surface area (Å²) < 4.78 is 5.19. The van der Waals surface area contributed by atoms with Crippen molar-refractivity contribution in [3.05, 3.63) is 34.9 Å². The standard InChI is InChI=1S/C12H13ClO2/c13-11-6-1-3-9(7-11)8-15-12(14)10-4-2-5-10/h1,3,6-7,10H,2,4-5,8H2. The minimum Gasteiger partial charge on any atom is -0.461 e. The molecule has 0 N–H and O–H groups in total. The number of benzene rings is 1. The molecule has 0 aliphatic heterocycles. The number of hydrogen-bond donors (Lipinski definition) is 0. The quantitative estimate of drug-likeness (QED) is 0.738. The summed E-state index contributed by atoms with van der Waals surface area (Å²) in [6, 6.07) is 7.38. The Morgan fingerprint density at radius 2 is 2.27 bits per heavy atom. The number of hydrogen-bond acceptors (Lipinski definition) is 2. The number of ether oxygens (including phenoxy) is 1. The fourth-order valence-electron chi connectivity index (χ4n) is 1.54. The van der Waals surface area contributed by atoms with Gasteiger partial charge in [-0.25, -0.2) is 0 Å². The molecule has 1 aliphatic carbocycles. The van der Waals surface area contributed by atoms with Gasteiger partial charge in [0.1, 0.15) is 6.61 Å². The molecule has 0 saturated heterocycles. The van der Waals surface area contributed by atoms with Gasteiger partial charge in [-0.1, -0.05) is 30.2 Å². The molecule has 2 nitrogen and oxygen atoms in total. The highest BCUT2D eigenvalue weighted by molar-refractivity contribution is 6.30. The maximum Gasteiger partial charge on any atom is 0.309 e. The van der Waals surface area contributed by atoms with Gasteiger partial charge >= 0.3 is 5.97 Å². The lowest BCUT2D eigenvalue weighted by Crippen LogP contribution is -2.23. The molecule has 0 heterocycles. The van der Waals surface area contributed by atoms with Crippen LogP contribution in [0.2, 0.25) is 5.02 Å². The van der Waals surface area contributed by atoms with Gasteiger partial charge in [0, 0.05) is 5.02 Å². The van der Waals surface area contributed by atoms with Crippen LogP contribution in [0.25, 0.3) is 0 Å². The van der Waals surface area contributed by atoms with E-state index >= 15 is 0 Å². The normalized spacial score (nSPS) is 15.8. The summed E-state index contributed by atoms with van der Waals surface area (Å²) in [7, 11) is 0. The second-order valence-corrected chi connectivity index (χ2v) is 4.30. The number of rotatable bonds is 3. The van der Waals surface area contributed by atoms with E-state index in [9.17, 15) is 4.79 Å². The van der Waals surface area contributed by atoms with Crippen LogP contribution in [-0.2, 0) is 16.1 Å². The fraction of sp³-hybridized carbons (Fsp3) is 0.417. The van der Waals surface area contributed by atoms with Crippen molar-refractivity contribution in [1.82, 2.24) is 0 Å². The maximum atomic E-state index is 11.4. The van der Waals surface area contributed by atoms with Crippen molar-refractivity contribution in [2.75, 3.05) is 0 Å². The molecule has 1 fully saturated rings. The molecule has 1 aliphatic rings. The number of halogens is 1. The van der Waals surface area contributed by atoms with Crippen LogP contribution in [0.3, 0.4) is 0 Å². The Morgan fingerprint density at radius 3 is 2.87 bits per heavy atom. The molecule has 0 amide bonds. The van der Waals surface area contributed by atoms with E-state index in [4.69, 9.17) is 16.3 Å². The van der Waals surface area contributed by atoms with Crippen molar-refractivity contribution >= 4 is 17.6 Å². The summed E-state index contributed by atoms with van der Waals surface area (Å²) in [6.07, 6.45) is 3.11. The highest BCUT2D eigenvalue weighted by Gasteiger charge is 2.26. The van der Waals surface area contributed by atoms with Crippen LogP contribution in [0.5, 0.6) is 0 Å². The van der Waals surface area contributed by atoms with Gasteiger partial charge in [-0.2, -0.15) is 0 Å². The van der Waals surface area contributed by atoms with Crippen LogP contribution in [0, 0.1) is 5.92 Å². The van der Waals surface area contributed by atoms with E-state index in [0.29, 0.717) is 11.6 Å². The predicted octanol–water partition coefficient (Wildman–Crippen LogP) is 3.18. The average Bonchev–Trinajstić information content (AvgIpc) is 2.12. The first-order chi connectivity index (χ1) is 7.25. The summed E-state index contributed by atoms with van der Waals surface area (Å²) in [5.41, 5.74) is 0.940. The van der Waals surface area contributed by atoms with E-state index < -0.39 is 0 Å². The second kappa shape index (κ2) is 4.67. The van der Waals surface area contributed by atoms with Crippen molar-refractivity contribution in [3.63, 3.8) is 0 Å². The Hall–Kier alpha value is -1.02. The minimum absolute atomic E-state index is 0.0683. The molecule has 0 unspecified atom stereocenters. The second-order valence-electron chi connectivity index (χ2n) is 3.87. The fourth-order valence-corrected chi connectivity index (χ4v) is 1.76. The number of carbonyl (C=O) groups excluding carboxylic acids is 1. The molecule has 1 saturated carbocycles. The Kier molecular flexibility index (Phi) is 3.27. The van der Waals surface area contributed by atoms with Crippen LogP contribution < -0.4 is 0 Å². The van der Waals surface area contributed by atoms with E-state index in [2.05, 4.69) is 0 Å². The van der Waals surface area contributed by atoms with Gasteiger partial charge in [0.2, 0.25) is 0 Å². The first-order valence-electron chi connectivity index (χ1n) is 5.17. The molecule has 2 rings (SSSR count). The van der Waals surface area contributed by atoms with Gasteiger partial charge in [0.15, 0.2) is 0 Å². The van der Waals surface area contributed by atoms with E-state index in [1.807, 2.05) is 18.2 Å². The summed E-state index contributed by atoms with van der Waals surface area (Å²) in [5, 5.41) is 0.673. The molecule has 0 radical (unpaired) electrons. The Balaban J connectivity index is 1.84. The van der Waals surface area contributed by atoms with Crippen LogP contribution in [0.1, 0.15) is 24.8 Å².